The Balaban J connectivity index is 2.38. The van der Waals surface area contributed by atoms with E-state index < -0.39 is 11.5 Å². The van der Waals surface area contributed by atoms with E-state index in [1.54, 1.807) is 45.0 Å². The Labute approximate surface area is 139 Å². The van der Waals surface area contributed by atoms with E-state index in [1.807, 2.05) is 0 Å². The van der Waals surface area contributed by atoms with Gasteiger partial charge in [0.05, 0.1) is 18.0 Å². The molecule has 0 atom stereocenters. The number of likely N-dealkylation sites (N-methyl/N-ethyl adjacent to an activating group) is 1. The standard InChI is InChI=1S/C17H21N3O4/c1-11-18-13-9-7-6-8-12(13)15(22)20(11)10-14(21)19(4)17(2,3)16(23)24-5/h6-9H,10H2,1-5H3. The number of amides is 1. The summed E-state index contributed by atoms with van der Waals surface area (Å²) in [5, 5.41) is 0.450. The molecule has 0 spiro atoms. The Hall–Kier alpha value is -2.70. The molecule has 2 aromatic rings. The second kappa shape index (κ2) is 6.43. The van der Waals surface area contributed by atoms with Crippen LogP contribution in [-0.4, -0.2) is 46.0 Å². The van der Waals surface area contributed by atoms with Gasteiger partial charge in [0.15, 0.2) is 0 Å². The highest BCUT2D eigenvalue weighted by atomic mass is 16.5. The Morgan fingerprint density at radius 2 is 1.92 bits per heavy atom. The number of nitrogens with zero attached hydrogens (tertiary/aromatic N) is 3. The van der Waals surface area contributed by atoms with Crippen molar-refractivity contribution in [1.29, 1.82) is 0 Å². The van der Waals surface area contributed by atoms with Gasteiger partial charge in [-0.1, -0.05) is 12.1 Å². The lowest BCUT2D eigenvalue weighted by molar-refractivity contribution is -0.158. The van der Waals surface area contributed by atoms with Crippen molar-refractivity contribution >= 4 is 22.8 Å². The highest BCUT2D eigenvalue weighted by Gasteiger charge is 2.36. The smallest absolute Gasteiger partial charge is 0.331 e. The van der Waals surface area contributed by atoms with Crippen LogP contribution >= 0.6 is 0 Å². The summed E-state index contributed by atoms with van der Waals surface area (Å²) >= 11 is 0. The second-order valence-corrected chi connectivity index (χ2v) is 6.07. The number of hydrogen-bond donors (Lipinski definition) is 0. The van der Waals surface area contributed by atoms with Gasteiger partial charge in [0.1, 0.15) is 17.9 Å². The summed E-state index contributed by atoms with van der Waals surface area (Å²) in [6.45, 7) is 4.65. The molecule has 128 valence electrons. The molecule has 1 heterocycles. The number of fused-ring (bicyclic) bond motifs is 1. The molecular formula is C17H21N3O4. The number of ether oxygens (including phenoxy) is 1. The summed E-state index contributed by atoms with van der Waals surface area (Å²) in [5.74, 6) is -0.469. The zero-order chi connectivity index (χ0) is 18.1. The molecule has 0 radical (unpaired) electrons. The molecule has 7 nitrogen and oxygen atoms in total. The molecule has 0 bridgehead atoms. The van der Waals surface area contributed by atoms with Crippen molar-refractivity contribution in [3.8, 4) is 0 Å². The van der Waals surface area contributed by atoms with Crippen molar-refractivity contribution in [3.63, 3.8) is 0 Å². The first-order valence-electron chi connectivity index (χ1n) is 7.51. The van der Waals surface area contributed by atoms with E-state index in [1.165, 1.54) is 23.6 Å². The van der Waals surface area contributed by atoms with E-state index in [4.69, 9.17) is 4.74 Å². The number of esters is 1. The van der Waals surface area contributed by atoms with Gasteiger partial charge in [-0.2, -0.15) is 0 Å². The first-order chi connectivity index (χ1) is 11.2. The van der Waals surface area contributed by atoms with Crippen molar-refractivity contribution in [3.05, 3.63) is 40.4 Å². The predicted molar refractivity (Wildman–Crippen MR) is 89.6 cm³/mol. The van der Waals surface area contributed by atoms with E-state index in [0.29, 0.717) is 16.7 Å². The monoisotopic (exact) mass is 331 g/mol. The fourth-order valence-corrected chi connectivity index (χ4v) is 2.41. The number of methoxy groups -OCH3 is 1. The minimum absolute atomic E-state index is 0.195. The number of para-hydroxylation sites is 1. The average molecular weight is 331 g/mol. The molecule has 1 aromatic heterocycles. The number of carbonyl (C=O) groups excluding carboxylic acids is 2. The molecule has 1 aromatic carbocycles. The normalized spacial score (nSPS) is 11.4. The number of aryl methyl sites for hydroxylation is 1. The zero-order valence-electron chi connectivity index (χ0n) is 14.5. The second-order valence-electron chi connectivity index (χ2n) is 6.07. The van der Waals surface area contributed by atoms with Crippen molar-refractivity contribution in [1.82, 2.24) is 14.5 Å². The van der Waals surface area contributed by atoms with E-state index in [2.05, 4.69) is 4.98 Å². The number of aromatic nitrogens is 2. The van der Waals surface area contributed by atoms with Crippen LogP contribution in [0.25, 0.3) is 10.9 Å². The molecule has 0 aliphatic carbocycles. The van der Waals surface area contributed by atoms with Crippen LogP contribution in [-0.2, 0) is 20.9 Å². The third-order valence-electron chi connectivity index (χ3n) is 4.24. The van der Waals surface area contributed by atoms with E-state index in [-0.39, 0.29) is 18.0 Å². The van der Waals surface area contributed by atoms with Crippen LogP contribution in [0.1, 0.15) is 19.7 Å². The lowest BCUT2D eigenvalue weighted by Crippen LogP contribution is -2.52. The van der Waals surface area contributed by atoms with Crippen LogP contribution in [0.2, 0.25) is 0 Å². The van der Waals surface area contributed by atoms with Crippen LogP contribution in [0, 0.1) is 6.92 Å². The van der Waals surface area contributed by atoms with Crippen LogP contribution in [0.4, 0.5) is 0 Å². The first-order valence-corrected chi connectivity index (χ1v) is 7.51. The maximum atomic E-state index is 12.6. The Kier molecular flexibility index (Phi) is 4.73. The van der Waals surface area contributed by atoms with Crippen LogP contribution in [0.15, 0.2) is 29.1 Å². The highest BCUT2D eigenvalue weighted by molar-refractivity contribution is 5.87. The lowest BCUT2D eigenvalue weighted by atomic mass is 10.0. The molecule has 0 aliphatic heterocycles. The van der Waals surface area contributed by atoms with Gasteiger partial charge in [-0.3, -0.25) is 14.2 Å². The topological polar surface area (TPSA) is 81.5 Å². The molecule has 1 amide bonds. The average Bonchev–Trinajstić information content (AvgIpc) is 2.56. The number of benzene rings is 1. The Morgan fingerprint density at radius 1 is 1.29 bits per heavy atom. The van der Waals surface area contributed by atoms with E-state index in [9.17, 15) is 14.4 Å². The van der Waals surface area contributed by atoms with Gasteiger partial charge in [-0.05, 0) is 32.9 Å². The number of rotatable bonds is 4. The highest BCUT2D eigenvalue weighted by Crippen LogP contribution is 2.15. The van der Waals surface area contributed by atoms with E-state index >= 15 is 0 Å². The molecule has 7 heteroatoms. The van der Waals surface area contributed by atoms with Crippen LogP contribution < -0.4 is 5.56 Å². The minimum atomic E-state index is -1.13. The summed E-state index contributed by atoms with van der Waals surface area (Å²) in [6.07, 6.45) is 0. The maximum absolute atomic E-state index is 12.6. The van der Waals surface area contributed by atoms with Gasteiger partial charge in [-0.25, -0.2) is 9.78 Å². The summed E-state index contributed by atoms with van der Waals surface area (Å²) < 4.78 is 6.04. The van der Waals surface area contributed by atoms with Crippen molar-refractivity contribution in [2.24, 2.45) is 0 Å². The lowest BCUT2D eigenvalue weighted by Gasteiger charge is -2.33. The van der Waals surface area contributed by atoms with Crippen molar-refractivity contribution in [2.75, 3.05) is 14.2 Å². The minimum Gasteiger partial charge on any atom is -0.467 e. The van der Waals surface area contributed by atoms with Gasteiger partial charge >= 0.3 is 5.97 Å². The third kappa shape index (κ3) is 3.02. The molecule has 0 aliphatic rings. The zero-order valence-corrected chi connectivity index (χ0v) is 14.5. The third-order valence-corrected chi connectivity index (χ3v) is 4.24. The molecule has 2 rings (SSSR count). The van der Waals surface area contributed by atoms with Crippen molar-refractivity contribution < 1.29 is 14.3 Å². The van der Waals surface area contributed by atoms with Crippen LogP contribution in [0.5, 0.6) is 0 Å². The molecule has 0 fully saturated rings. The SMILES string of the molecule is COC(=O)C(C)(C)N(C)C(=O)Cn1c(C)nc2ccccc2c1=O. The molecule has 0 unspecified atom stereocenters. The Morgan fingerprint density at radius 3 is 2.54 bits per heavy atom. The summed E-state index contributed by atoms with van der Waals surface area (Å²) in [5.41, 5.74) is -0.823. The van der Waals surface area contributed by atoms with Crippen molar-refractivity contribution in [2.45, 2.75) is 32.9 Å². The molecular weight excluding hydrogens is 310 g/mol. The predicted octanol–water partition coefficient (Wildman–Crippen LogP) is 1.11. The first kappa shape index (κ1) is 17.7. The van der Waals surface area contributed by atoms with Crippen LogP contribution in [0.3, 0.4) is 0 Å². The Bertz CT molecular complexity index is 855. The molecule has 0 N–H and O–H groups in total. The molecule has 0 saturated carbocycles. The van der Waals surface area contributed by atoms with E-state index in [0.717, 1.165) is 0 Å². The summed E-state index contributed by atoms with van der Waals surface area (Å²) in [4.78, 5) is 42.6. The van der Waals surface area contributed by atoms with Gasteiger partial charge in [0, 0.05) is 7.05 Å². The largest absolute Gasteiger partial charge is 0.467 e. The number of hydrogen-bond acceptors (Lipinski definition) is 5. The van der Waals surface area contributed by atoms with Gasteiger partial charge in [0.2, 0.25) is 5.91 Å². The fourth-order valence-electron chi connectivity index (χ4n) is 2.41. The summed E-state index contributed by atoms with van der Waals surface area (Å²) in [7, 11) is 2.78. The summed E-state index contributed by atoms with van der Waals surface area (Å²) in [6, 6.07) is 6.98. The fraction of sp³-hybridized carbons (Fsp3) is 0.412. The van der Waals surface area contributed by atoms with Gasteiger partial charge < -0.3 is 9.64 Å². The molecule has 0 saturated heterocycles. The number of carbonyl (C=O) groups is 2. The maximum Gasteiger partial charge on any atom is 0.331 e. The molecule has 24 heavy (non-hydrogen) atoms. The van der Waals surface area contributed by atoms with Gasteiger partial charge in [0.25, 0.3) is 5.56 Å². The van der Waals surface area contributed by atoms with Gasteiger partial charge in [-0.15, -0.1) is 0 Å². The quantitative estimate of drug-likeness (QED) is 0.784.